The Labute approximate surface area is 155 Å². The second-order valence-electron chi connectivity index (χ2n) is 5.72. The van der Waals surface area contributed by atoms with E-state index in [9.17, 15) is 4.79 Å². The van der Waals surface area contributed by atoms with Crippen molar-refractivity contribution in [3.8, 4) is 16.3 Å². The van der Waals surface area contributed by atoms with Crippen LogP contribution in [0.3, 0.4) is 0 Å². The molecule has 0 saturated heterocycles. The monoisotopic (exact) mass is 360 g/mol. The summed E-state index contributed by atoms with van der Waals surface area (Å²) in [5.74, 6) is 0.473. The zero-order valence-corrected chi connectivity index (χ0v) is 14.7. The molecule has 0 fully saturated rings. The third kappa shape index (κ3) is 3.73. The number of carbonyl (C=O) groups is 1. The second-order valence-corrected chi connectivity index (χ2v) is 6.75. The van der Waals surface area contributed by atoms with Gasteiger partial charge in [-0.05, 0) is 36.4 Å². The van der Waals surface area contributed by atoms with Gasteiger partial charge in [-0.25, -0.2) is 4.98 Å². The molecule has 1 amide bonds. The summed E-state index contributed by atoms with van der Waals surface area (Å²) in [6.07, 6.45) is 0. The van der Waals surface area contributed by atoms with E-state index in [1.54, 1.807) is 11.3 Å². The van der Waals surface area contributed by atoms with Crippen molar-refractivity contribution in [3.05, 3.63) is 78.9 Å². The van der Waals surface area contributed by atoms with Crippen LogP contribution < -0.4 is 10.1 Å². The van der Waals surface area contributed by atoms with Crippen molar-refractivity contribution in [2.24, 2.45) is 0 Å². The number of fused-ring (bicyclic) bond motifs is 1. The van der Waals surface area contributed by atoms with Gasteiger partial charge in [-0.3, -0.25) is 4.79 Å². The van der Waals surface area contributed by atoms with Gasteiger partial charge in [-0.2, -0.15) is 0 Å². The van der Waals surface area contributed by atoms with Crippen LogP contribution in [0.2, 0.25) is 0 Å². The highest BCUT2D eigenvalue weighted by molar-refractivity contribution is 7.21. The predicted octanol–water partition coefficient (Wildman–Crippen LogP) is 4.98. The van der Waals surface area contributed by atoms with Crippen LogP contribution in [-0.4, -0.2) is 17.5 Å². The Balaban J connectivity index is 1.46. The van der Waals surface area contributed by atoms with Crippen LogP contribution in [0.15, 0.2) is 78.9 Å². The van der Waals surface area contributed by atoms with Crippen molar-refractivity contribution >= 4 is 33.1 Å². The molecule has 128 valence electrons. The number of hydrogen-bond donors (Lipinski definition) is 1. The molecule has 1 N–H and O–H groups in total. The fourth-order valence-corrected chi connectivity index (χ4v) is 3.55. The first kappa shape index (κ1) is 16.3. The van der Waals surface area contributed by atoms with Crippen LogP contribution in [0.1, 0.15) is 0 Å². The molecular weight excluding hydrogens is 344 g/mol. The van der Waals surface area contributed by atoms with Gasteiger partial charge in [0.25, 0.3) is 5.91 Å². The molecule has 0 aliphatic carbocycles. The van der Waals surface area contributed by atoms with Crippen LogP contribution >= 0.6 is 11.3 Å². The van der Waals surface area contributed by atoms with E-state index in [1.165, 1.54) is 0 Å². The first-order valence-electron chi connectivity index (χ1n) is 8.22. The van der Waals surface area contributed by atoms with Crippen molar-refractivity contribution in [1.82, 2.24) is 4.98 Å². The molecule has 4 nitrogen and oxygen atoms in total. The molecule has 0 spiro atoms. The highest BCUT2D eigenvalue weighted by Gasteiger charge is 2.08. The van der Waals surface area contributed by atoms with Gasteiger partial charge in [0, 0.05) is 11.3 Å². The number of anilines is 1. The largest absolute Gasteiger partial charge is 0.484 e. The Bertz CT molecular complexity index is 1010. The quantitative estimate of drug-likeness (QED) is 0.546. The second kappa shape index (κ2) is 7.37. The van der Waals surface area contributed by atoms with Crippen molar-refractivity contribution in [3.63, 3.8) is 0 Å². The number of hydrogen-bond acceptors (Lipinski definition) is 4. The van der Waals surface area contributed by atoms with Gasteiger partial charge >= 0.3 is 0 Å². The Hall–Kier alpha value is -3.18. The Morgan fingerprint density at radius 2 is 1.77 bits per heavy atom. The average molecular weight is 360 g/mol. The maximum absolute atomic E-state index is 12.1. The lowest BCUT2D eigenvalue weighted by Gasteiger charge is -2.08. The van der Waals surface area contributed by atoms with E-state index in [4.69, 9.17) is 4.74 Å². The van der Waals surface area contributed by atoms with E-state index in [0.29, 0.717) is 5.75 Å². The molecule has 1 heterocycles. The van der Waals surface area contributed by atoms with E-state index in [0.717, 1.165) is 26.5 Å². The van der Waals surface area contributed by atoms with Gasteiger partial charge in [-0.15, -0.1) is 11.3 Å². The molecule has 0 saturated carbocycles. The summed E-state index contributed by atoms with van der Waals surface area (Å²) < 4.78 is 6.62. The SMILES string of the molecule is O=C(COc1ccccc1)Nc1cccc(-c2nc3ccccc3s2)c1. The van der Waals surface area contributed by atoms with Crippen molar-refractivity contribution in [1.29, 1.82) is 0 Å². The Kier molecular flexibility index (Phi) is 4.62. The van der Waals surface area contributed by atoms with E-state index < -0.39 is 0 Å². The molecule has 26 heavy (non-hydrogen) atoms. The first-order valence-corrected chi connectivity index (χ1v) is 9.03. The van der Waals surface area contributed by atoms with Gasteiger partial charge in [0.05, 0.1) is 10.2 Å². The van der Waals surface area contributed by atoms with E-state index in [-0.39, 0.29) is 12.5 Å². The van der Waals surface area contributed by atoms with Gasteiger partial charge in [-0.1, -0.05) is 42.5 Å². The Morgan fingerprint density at radius 1 is 0.962 bits per heavy atom. The minimum atomic E-state index is -0.199. The first-order chi connectivity index (χ1) is 12.8. The molecular formula is C21H16N2O2S. The van der Waals surface area contributed by atoms with E-state index >= 15 is 0 Å². The minimum absolute atomic E-state index is 0.0324. The number of amides is 1. The molecule has 4 rings (SSSR count). The summed E-state index contributed by atoms with van der Waals surface area (Å²) >= 11 is 1.64. The molecule has 0 aliphatic rings. The zero-order chi connectivity index (χ0) is 17.8. The highest BCUT2D eigenvalue weighted by atomic mass is 32.1. The molecule has 3 aromatic carbocycles. The highest BCUT2D eigenvalue weighted by Crippen LogP contribution is 2.31. The average Bonchev–Trinajstić information content (AvgIpc) is 3.12. The summed E-state index contributed by atoms with van der Waals surface area (Å²) in [5.41, 5.74) is 2.69. The number of rotatable bonds is 5. The van der Waals surface area contributed by atoms with Crippen molar-refractivity contribution in [2.45, 2.75) is 0 Å². The van der Waals surface area contributed by atoms with Gasteiger partial charge in [0.2, 0.25) is 0 Å². The Morgan fingerprint density at radius 3 is 2.62 bits per heavy atom. The van der Waals surface area contributed by atoms with E-state index in [2.05, 4.69) is 16.4 Å². The fourth-order valence-electron chi connectivity index (χ4n) is 2.59. The number of benzene rings is 3. The standard InChI is InChI=1S/C21H16N2O2S/c24-20(14-25-17-9-2-1-3-10-17)22-16-8-6-7-15(13-16)21-23-18-11-4-5-12-19(18)26-21/h1-13H,14H2,(H,22,24). The zero-order valence-electron chi connectivity index (χ0n) is 13.9. The molecule has 0 unspecified atom stereocenters. The van der Waals surface area contributed by atoms with E-state index in [1.807, 2.05) is 72.8 Å². The lowest BCUT2D eigenvalue weighted by atomic mass is 10.2. The maximum Gasteiger partial charge on any atom is 0.262 e. The molecule has 0 atom stereocenters. The summed E-state index contributed by atoms with van der Waals surface area (Å²) in [6.45, 7) is -0.0324. The topological polar surface area (TPSA) is 51.2 Å². The smallest absolute Gasteiger partial charge is 0.262 e. The molecule has 0 bridgehead atoms. The molecule has 1 aromatic heterocycles. The van der Waals surface area contributed by atoms with Crippen LogP contribution in [0.4, 0.5) is 5.69 Å². The van der Waals surface area contributed by atoms with Crippen molar-refractivity contribution < 1.29 is 9.53 Å². The normalized spacial score (nSPS) is 10.6. The summed E-state index contributed by atoms with van der Waals surface area (Å²) in [5, 5.41) is 3.80. The van der Waals surface area contributed by atoms with Gasteiger partial charge in [0.15, 0.2) is 6.61 Å². The number of ether oxygens (including phenoxy) is 1. The van der Waals surface area contributed by atoms with Gasteiger partial charge < -0.3 is 10.1 Å². The lowest BCUT2D eigenvalue weighted by Crippen LogP contribution is -2.20. The molecule has 0 aliphatic heterocycles. The number of thiazole rings is 1. The summed E-state index contributed by atoms with van der Waals surface area (Å²) in [6, 6.07) is 25.0. The van der Waals surface area contributed by atoms with Crippen LogP contribution in [0.5, 0.6) is 5.75 Å². The number of para-hydroxylation sites is 2. The third-order valence-electron chi connectivity index (χ3n) is 3.80. The van der Waals surface area contributed by atoms with Crippen LogP contribution in [-0.2, 0) is 4.79 Å². The number of nitrogens with zero attached hydrogens (tertiary/aromatic N) is 1. The molecule has 0 radical (unpaired) electrons. The van der Waals surface area contributed by atoms with Gasteiger partial charge in [0.1, 0.15) is 10.8 Å². The molecule has 4 aromatic rings. The molecule has 5 heteroatoms. The van der Waals surface area contributed by atoms with Crippen LogP contribution in [0.25, 0.3) is 20.8 Å². The van der Waals surface area contributed by atoms with Crippen molar-refractivity contribution in [2.75, 3.05) is 11.9 Å². The summed E-state index contributed by atoms with van der Waals surface area (Å²) in [7, 11) is 0. The summed E-state index contributed by atoms with van der Waals surface area (Å²) in [4.78, 5) is 16.8. The lowest BCUT2D eigenvalue weighted by molar-refractivity contribution is -0.118. The number of nitrogens with one attached hydrogen (secondary N) is 1. The number of carbonyl (C=O) groups excluding carboxylic acids is 1. The predicted molar refractivity (Wildman–Crippen MR) is 106 cm³/mol. The van der Waals surface area contributed by atoms with Crippen LogP contribution in [0, 0.1) is 0 Å². The third-order valence-corrected chi connectivity index (χ3v) is 4.89. The number of aromatic nitrogens is 1. The fraction of sp³-hybridized carbons (Fsp3) is 0.0476. The minimum Gasteiger partial charge on any atom is -0.484 e. The maximum atomic E-state index is 12.1.